The van der Waals surface area contributed by atoms with E-state index in [9.17, 15) is 8.42 Å². The van der Waals surface area contributed by atoms with Crippen LogP contribution in [0.3, 0.4) is 0 Å². The summed E-state index contributed by atoms with van der Waals surface area (Å²) in [6, 6.07) is 9.27. The molecule has 1 aliphatic heterocycles. The van der Waals surface area contributed by atoms with Crippen molar-refractivity contribution in [2.45, 2.75) is 24.6 Å². The zero-order valence-electron chi connectivity index (χ0n) is 13.2. The fourth-order valence-electron chi connectivity index (χ4n) is 2.95. The zero-order chi connectivity index (χ0) is 16.3. The highest BCUT2D eigenvalue weighted by Gasteiger charge is 2.25. The fraction of sp³-hybridized carbons (Fsp3) is 0.438. The van der Waals surface area contributed by atoms with Gasteiger partial charge in [-0.2, -0.15) is 0 Å². The average Bonchev–Trinajstić information content (AvgIpc) is 2.94. The molecule has 1 saturated heterocycles. The van der Waals surface area contributed by atoms with Gasteiger partial charge in [0, 0.05) is 38.6 Å². The Balaban J connectivity index is 1.55. The molecule has 2 aromatic rings. The van der Waals surface area contributed by atoms with Crippen LogP contribution in [0.4, 0.5) is 5.95 Å². The Morgan fingerprint density at radius 1 is 1.22 bits per heavy atom. The number of sulfonamides is 1. The maximum absolute atomic E-state index is 12.3. The van der Waals surface area contributed by atoms with Gasteiger partial charge in [-0.25, -0.2) is 18.1 Å². The largest absolute Gasteiger partial charge is 0.342 e. The van der Waals surface area contributed by atoms with Crippen LogP contribution in [0, 0.1) is 0 Å². The lowest BCUT2D eigenvalue weighted by atomic mass is 10.1. The molecule has 1 aromatic heterocycles. The van der Waals surface area contributed by atoms with Crippen molar-refractivity contribution in [1.29, 1.82) is 0 Å². The number of piperidine rings is 1. The molecular weight excluding hydrogens is 312 g/mol. The number of nitrogens with zero attached hydrogens (tertiary/aromatic N) is 3. The van der Waals surface area contributed by atoms with E-state index in [0.717, 1.165) is 37.4 Å². The van der Waals surface area contributed by atoms with Gasteiger partial charge < -0.3 is 9.47 Å². The smallest absolute Gasteiger partial charge is 0.216 e. The van der Waals surface area contributed by atoms with Gasteiger partial charge in [-0.15, -0.1) is 0 Å². The van der Waals surface area contributed by atoms with Gasteiger partial charge in [0.05, 0.1) is 5.75 Å². The summed E-state index contributed by atoms with van der Waals surface area (Å²) < 4.78 is 29.4. The number of hydrogen-bond acceptors (Lipinski definition) is 4. The van der Waals surface area contributed by atoms with Gasteiger partial charge in [-0.05, 0) is 18.4 Å². The summed E-state index contributed by atoms with van der Waals surface area (Å²) in [7, 11) is -1.33. The van der Waals surface area contributed by atoms with Crippen molar-refractivity contribution in [2.24, 2.45) is 7.05 Å². The highest BCUT2D eigenvalue weighted by molar-refractivity contribution is 7.88. The number of aromatic nitrogens is 2. The van der Waals surface area contributed by atoms with Gasteiger partial charge in [0.2, 0.25) is 16.0 Å². The lowest BCUT2D eigenvalue weighted by Crippen LogP contribution is -2.45. The van der Waals surface area contributed by atoms with Crippen LogP contribution in [0.1, 0.15) is 18.4 Å². The highest BCUT2D eigenvalue weighted by atomic mass is 32.2. The normalized spacial score (nSPS) is 16.7. The summed E-state index contributed by atoms with van der Waals surface area (Å²) in [5.74, 6) is 0.976. The molecule has 1 N–H and O–H groups in total. The van der Waals surface area contributed by atoms with E-state index in [4.69, 9.17) is 0 Å². The summed E-state index contributed by atoms with van der Waals surface area (Å²) in [6.45, 7) is 1.62. The molecule has 1 fully saturated rings. The van der Waals surface area contributed by atoms with Crippen LogP contribution in [0.2, 0.25) is 0 Å². The number of imidazole rings is 1. The average molecular weight is 334 g/mol. The molecule has 1 aliphatic rings. The highest BCUT2D eigenvalue weighted by Crippen LogP contribution is 2.18. The molecular formula is C16H22N4O2S. The summed E-state index contributed by atoms with van der Waals surface area (Å²) in [5.41, 5.74) is 0.811. The van der Waals surface area contributed by atoms with Crippen LogP contribution in [0.25, 0.3) is 0 Å². The van der Waals surface area contributed by atoms with Crippen LogP contribution in [-0.4, -0.2) is 37.1 Å². The van der Waals surface area contributed by atoms with E-state index in [1.165, 1.54) is 0 Å². The van der Waals surface area contributed by atoms with Crippen LogP contribution >= 0.6 is 0 Å². The van der Waals surface area contributed by atoms with Gasteiger partial charge >= 0.3 is 0 Å². The maximum Gasteiger partial charge on any atom is 0.216 e. The van der Waals surface area contributed by atoms with Crippen molar-refractivity contribution in [1.82, 2.24) is 14.3 Å². The first-order chi connectivity index (χ1) is 11.0. The molecule has 0 spiro atoms. The minimum atomic E-state index is -3.30. The zero-order valence-corrected chi connectivity index (χ0v) is 14.0. The minimum absolute atomic E-state index is 0.000214. The molecule has 124 valence electrons. The van der Waals surface area contributed by atoms with E-state index in [0.29, 0.717) is 0 Å². The van der Waals surface area contributed by atoms with Crippen molar-refractivity contribution in [3.8, 4) is 0 Å². The van der Waals surface area contributed by atoms with E-state index >= 15 is 0 Å². The second-order valence-corrected chi connectivity index (χ2v) is 7.72. The Hall–Kier alpha value is -1.86. The quantitative estimate of drug-likeness (QED) is 0.900. The van der Waals surface area contributed by atoms with Crippen molar-refractivity contribution < 1.29 is 8.42 Å². The van der Waals surface area contributed by atoms with Crippen LogP contribution < -0.4 is 9.62 Å². The van der Waals surface area contributed by atoms with E-state index in [1.54, 1.807) is 6.20 Å². The maximum atomic E-state index is 12.3. The molecule has 0 aliphatic carbocycles. The number of nitrogens with one attached hydrogen (secondary N) is 1. The first-order valence-corrected chi connectivity index (χ1v) is 9.45. The number of anilines is 1. The van der Waals surface area contributed by atoms with Crippen LogP contribution in [-0.2, 0) is 22.8 Å². The third kappa shape index (κ3) is 4.11. The second-order valence-electron chi connectivity index (χ2n) is 5.96. The number of hydrogen-bond donors (Lipinski definition) is 1. The summed E-state index contributed by atoms with van der Waals surface area (Å²) in [6.07, 6.45) is 5.29. The Morgan fingerprint density at radius 3 is 2.52 bits per heavy atom. The molecule has 1 aromatic carbocycles. The molecule has 23 heavy (non-hydrogen) atoms. The van der Waals surface area contributed by atoms with Crippen molar-refractivity contribution in [3.63, 3.8) is 0 Å². The van der Waals surface area contributed by atoms with E-state index in [-0.39, 0.29) is 11.8 Å². The van der Waals surface area contributed by atoms with Gasteiger partial charge in [-0.1, -0.05) is 30.3 Å². The Morgan fingerprint density at radius 2 is 1.91 bits per heavy atom. The molecule has 3 rings (SSSR count). The Labute approximate surface area is 137 Å². The number of rotatable bonds is 5. The predicted molar refractivity (Wildman–Crippen MR) is 90.6 cm³/mol. The van der Waals surface area contributed by atoms with Gasteiger partial charge in [0.15, 0.2) is 0 Å². The van der Waals surface area contributed by atoms with Crippen LogP contribution in [0.5, 0.6) is 0 Å². The first-order valence-electron chi connectivity index (χ1n) is 7.80. The Kier molecular flexibility index (Phi) is 4.68. The van der Waals surface area contributed by atoms with Crippen LogP contribution in [0.15, 0.2) is 42.7 Å². The molecule has 0 atom stereocenters. The molecule has 0 radical (unpaired) electrons. The van der Waals surface area contributed by atoms with Gasteiger partial charge in [0.25, 0.3) is 0 Å². The van der Waals surface area contributed by atoms with Gasteiger partial charge in [0.1, 0.15) is 0 Å². The lowest BCUT2D eigenvalue weighted by Gasteiger charge is -2.32. The monoisotopic (exact) mass is 334 g/mol. The third-order valence-electron chi connectivity index (χ3n) is 4.12. The molecule has 6 nitrogen and oxygen atoms in total. The summed E-state index contributed by atoms with van der Waals surface area (Å²) in [5, 5.41) is 0. The molecule has 0 unspecified atom stereocenters. The predicted octanol–water partition coefficient (Wildman–Crippen LogP) is 1.51. The van der Waals surface area contributed by atoms with E-state index in [1.807, 2.05) is 48.1 Å². The summed E-state index contributed by atoms with van der Waals surface area (Å²) >= 11 is 0. The third-order valence-corrected chi connectivity index (χ3v) is 5.53. The van der Waals surface area contributed by atoms with Crippen molar-refractivity contribution in [3.05, 3.63) is 48.3 Å². The summed E-state index contributed by atoms with van der Waals surface area (Å²) in [4.78, 5) is 6.54. The molecule has 0 saturated carbocycles. The van der Waals surface area contributed by atoms with E-state index < -0.39 is 10.0 Å². The minimum Gasteiger partial charge on any atom is -0.342 e. The second kappa shape index (κ2) is 6.72. The molecule has 2 heterocycles. The standard InChI is InChI=1S/C16H22N4O2S/c1-19-12-9-17-16(19)20-10-7-15(8-11-20)18-23(21,22)13-14-5-3-2-4-6-14/h2-6,9,12,15,18H,7-8,10-11,13H2,1H3. The topological polar surface area (TPSA) is 67.2 Å². The van der Waals surface area contributed by atoms with E-state index in [2.05, 4.69) is 14.6 Å². The molecule has 0 bridgehead atoms. The fourth-order valence-corrected chi connectivity index (χ4v) is 4.41. The van der Waals surface area contributed by atoms with Gasteiger partial charge in [-0.3, -0.25) is 0 Å². The Bertz CT molecular complexity index is 734. The lowest BCUT2D eigenvalue weighted by molar-refractivity contribution is 0.454. The molecule has 7 heteroatoms. The molecule has 0 amide bonds. The van der Waals surface area contributed by atoms with Crippen molar-refractivity contribution >= 4 is 16.0 Å². The SMILES string of the molecule is Cn1ccnc1N1CCC(NS(=O)(=O)Cc2ccccc2)CC1. The number of benzene rings is 1. The van der Waals surface area contributed by atoms with Crippen molar-refractivity contribution in [2.75, 3.05) is 18.0 Å². The number of aryl methyl sites for hydroxylation is 1. The first kappa shape index (κ1) is 16.0.